The molecule has 2 saturated heterocycles. The van der Waals surface area contributed by atoms with Gasteiger partial charge in [-0.1, -0.05) is 53.8 Å². The molecule has 1 saturated carbocycles. The predicted octanol–water partition coefficient (Wildman–Crippen LogP) is 6.31. The van der Waals surface area contributed by atoms with Crippen molar-refractivity contribution in [2.24, 2.45) is 5.92 Å². The molecule has 296 valence electrons. The maximum Gasteiger partial charge on any atom is 0.256 e. The lowest BCUT2D eigenvalue weighted by Gasteiger charge is -2.40. The molecule has 1 aliphatic carbocycles. The molecular formula is C46H46ClN7O4. The lowest BCUT2D eigenvalue weighted by Crippen LogP contribution is -2.52. The van der Waals surface area contributed by atoms with Gasteiger partial charge in [0.05, 0.1) is 28.4 Å². The number of hydrogen-bond acceptors (Lipinski definition) is 7. The topological polar surface area (TPSA) is 140 Å². The van der Waals surface area contributed by atoms with Crippen molar-refractivity contribution in [2.45, 2.75) is 96.4 Å². The zero-order valence-electron chi connectivity index (χ0n) is 32.8. The molecule has 4 amide bonds. The van der Waals surface area contributed by atoms with E-state index in [0.717, 1.165) is 85.3 Å². The average molecular weight is 796 g/mol. The fourth-order valence-corrected chi connectivity index (χ4v) is 9.14. The monoisotopic (exact) mass is 795 g/mol. The summed E-state index contributed by atoms with van der Waals surface area (Å²) in [4.78, 5) is 55.0. The summed E-state index contributed by atoms with van der Waals surface area (Å²) in [5.41, 5.74) is 8.07. The number of nitrogens with one attached hydrogen (secondary N) is 2. The number of nitrogens with zero attached hydrogens (tertiary/aromatic N) is 5. The Kier molecular flexibility index (Phi) is 11.2. The summed E-state index contributed by atoms with van der Waals surface area (Å²) in [6, 6.07) is 20.9. The van der Waals surface area contributed by atoms with Gasteiger partial charge in [-0.05, 0) is 106 Å². The fourth-order valence-electron chi connectivity index (χ4n) is 8.91. The van der Waals surface area contributed by atoms with Gasteiger partial charge < -0.3 is 15.1 Å². The summed E-state index contributed by atoms with van der Waals surface area (Å²) in [6.07, 6.45) is 6.54. The van der Waals surface area contributed by atoms with E-state index < -0.39 is 11.9 Å². The first-order chi connectivity index (χ1) is 28.1. The van der Waals surface area contributed by atoms with E-state index in [-0.39, 0.29) is 36.1 Å². The Morgan fingerprint density at radius 3 is 2.41 bits per heavy atom. The summed E-state index contributed by atoms with van der Waals surface area (Å²) in [7, 11) is 0. The molecule has 1 aromatic heterocycles. The quantitative estimate of drug-likeness (QED) is 0.165. The van der Waals surface area contributed by atoms with E-state index in [1.807, 2.05) is 67.1 Å². The number of hydrogen-bond donors (Lipinski definition) is 2. The summed E-state index contributed by atoms with van der Waals surface area (Å²) in [5, 5.41) is 20.1. The Hall–Kier alpha value is -5.75. The van der Waals surface area contributed by atoms with Gasteiger partial charge in [-0.15, -0.1) is 0 Å². The van der Waals surface area contributed by atoms with E-state index in [0.29, 0.717) is 52.8 Å². The minimum absolute atomic E-state index is 0.0513. The molecule has 0 radical (unpaired) electrons. The van der Waals surface area contributed by atoms with E-state index in [1.165, 1.54) is 0 Å². The van der Waals surface area contributed by atoms with E-state index in [4.69, 9.17) is 16.7 Å². The second kappa shape index (κ2) is 16.6. The molecule has 4 aromatic rings. The van der Waals surface area contributed by atoms with Gasteiger partial charge in [-0.2, -0.15) is 10.4 Å². The Morgan fingerprint density at radius 1 is 0.948 bits per heavy atom. The van der Waals surface area contributed by atoms with E-state index >= 15 is 0 Å². The molecule has 1 atom stereocenters. The van der Waals surface area contributed by atoms with Crippen molar-refractivity contribution in [1.29, 1.82) is 5.26 Å². The van der Waals surface area contributed by atoms with Gasteiger partial charge in [0, 0.05) is 66.4 Å². The van der Waals surface area contributed by atoms with Crippen LogP contribution in [0.1, 0.15) is 106 Å². The third kappa shape index (κ3) is 8.02. The maximum atomic E-state index is 13.5. The van der Waals surface area contributed by atoms with Crippen LogP contribution in [-0.2, 0) is 22.7 Å². The van der Waals surface area contributed by atoms with Gasteiger partial charge in [0.1, 0.15) is 12.1 Å². The van der Waals surface area contributed by atoms with Crippen molar-refractivity contribution in [2.75, 3.05) is 13.1 Å². The van der Waals surface area contributed by atoms with Gasteiger partial charge in [0.2, 0.25) is 11.8 Å². The number of carbonyl (C=O) groups is 4. The number of nitriles is 1. The Labute approximate surface area is 343 Å². The number of likely N-dealkylation sites (tertiary alicyclic amines) is 1. The number of rotatable bonds is 7. The highest BCUT2D eigenvalue weighted by atomic mass is 35.5. The number of fused-ring (bicyclic) bond motifs is 1. The van der Waals surface area contributed by atoms with Crippen LogP contribution in [0.2, 0.25) is 5.02 Å². The number of benzene rings is 3. The summed E-state index contributed by atoms with van der Waals surface area (Å²) >= 11 is 6.30. The van der Waals surface area contributed by atoms with Crippen molar-refractivity contribution < 1.29 is 19.2 Å². The highest BCUT2D eigenvalue weighted by Crippen LogP contribution is 2.32. The molecule has 3 aromatic carbocycles. The van der Waals surface area contributed by atoms with Crippen molar-refractivity contribution in [3.8, 4) is 29.2 Å². The molecular weight excluding hydrogens is 750 g/mol. The van der Waals surface area contributed by atoms with Crippen LogP contribution in [-0.4, -0.2) is 74.4 Å². The van der Waals surface area contributed by atoms with Crippen LogP contribution in [0.4, 0.5) is 0 Å². The van der Waals surface area contributed by atoms with Crippen LogP contribution >= 0.6 is 11.6 Å². The standard InChI is InChI=1S/C46H46ClN7O4/c1-28-29(2)54(51-43(28)34-14-15-35(25-48)39(47)24-34)26-31-7-12-33(13-8-31)44(56)49-37-20-22-52(23-21-37)38-16-9-30(10-17-38)6-11-32-4-3-5-36-27-53(46(58)42(32)36)40-18-19-41(55)50-45(40)57/h3-5,7-8,12-15,24,30,37-38,40H,9-10,16-23,26-27H2,1-2H3,(H,49,56)(H,50,55,57). The predicted molar refractivity (Wildman–Crippen MR) is 220 cm³/mol. The van der Waals surface area contributed by atoms with Crippen LogP contribution in [0.25, 0.3) is 11.3 Å². The van der Waals surface area contributed by atoms with Gasteiger partial charge in [0.15, 0.2) is 0 Å². The average Bonchev–Trinajstić information content (AvgIpc) is 3.71. The first-order valence-electron chi connectivity index (χ1n) is 20.2. The van der Waals surface area contributed by atoms with Crippen molar-refractivity contribution >= 4 is 35.2 Å². The molecule has 3 fully saturated rings. The largest absolute Gasteiger partial charge is 0.349 e. The maximum absolute atomic E-state index is 13.5. The zero-order chi connectivity index (χ0) is 40.5. The highest BCUT2D eigenvalue weighted by Gasteiger charge is 2.40. The van der Waals surface area contributed by atoms with Crippen molar-refractivity contribution in [1.82, 2.24) is 30.2 Å². The first kappa shape index (κ1) is 39.1. The Morgan fingerprint density at radius 2 is 1.71 bits per heavy atom. The van der Waals surface area contributed by atoms with Gasteiger partial charge in [-0.25, -0.2) is 0 Å². The second-order valence-corrected chi connectivity index (χ2v) is 16.4. The third-order valence-electron chi connectivity index (χ3n) is 12.5. The summed E-state index contributed by atoms with van der Waals surface area (Å²) < 4.78 is 1.96. The molecule has 11 nitrogen and oxygen atoms in total. The molecule has 3 aliphatic heterocycles. The zero-order valence-corrected chi connectivity index (χ0v) is 33.6. The number of aromatic nitrogens is 2. The molecule has 12 heteroatoms. The molecule has 2 N–H and O–H groups in total. The molecule has 0 spiro atoms. The fraction of sp³-hybridized carbons (Fsp3) is 0.391. The summed E-state index contributed by atoms with van der Waals surface area (Å²) in [6.45, 7) is 6.89. The van der Waals surface area contributed by atoms with Crippen LogP contribution in [0.15, 0.2) is 60.7 Å². The minimum Gasteiger partial charge on any atom is -0.349 e. The van der Waals surface area contributed by atoms with Crippen LogP contribution in [0.3, 0.4) is 0 Å². The number of halogens is 1. The van der Waals surface area contributed by atoms with Crippen LogP contribution < -0.4 is 10.6 Å². The van der Waals surface area contributed by atoms with Crippen molar-refractivity contribution in [3.05, 3.63) is 110 Å². The second-order valence-electron chi connectivity index (χ2n) is 16.0. The van der Waals surface area contributed by atoms with Crippen LogP contribution in [0.5, 0.6) is 0 Å². The van der Waals surface area contributed by atoms with Gasteiger partial charge in [0.25, 0.3) is 11.8 Å². The van der Waals surface area contributed by atoms with Gasteiger partial charge in [-0.3, -0.25) is 29.2 Å². The lowest BCUT2D eigenvalue weighted by molar-refractivity contribution is -0.136. The highest BCUT2D eigenvalue weighted by molar-refractivity contribution is 6.32. The molecule has 58 heavy (non-hydrogen) atoms. The first-order valence-corrected chi connectivity index (χ1v) is 20.6. The number of imide groups is 1. The van der Waals surface area contributed by atoms with Gasteiger partial charge >= 0.3 is 0 Å². The van der Waals surface area contributed by atoms with E-state index in [2.05, 4.69) is 33.4 Å². The number of carbonyl (C=O) groups excluding carboxylic acids is 4. The minimum atomic E-state index is -0.638. The molecule has 8 rings (SSSR count). The Bertz CT molecular complexity index is 2390. The lowest BCUT2D eigenvalue weighted by atomic mass is 9.84. The molecule has 1 unspecified atom stereocenters. The normalized spacial score (nSPS) is 21.2. The molecule has 4 heterocycles. The molecule has 4 aliphatic rings. The number of amides is 4. The summed E-state index contributed by atoms with van der Waals surface area (Å²) in [5.74, 6) is 6.12. The van der Waals surface area contributed by atoms with Crippen molar-refractivity contribution in [3.63, 3.8) is 0 Å². The third-order valence-corrected chi connectivity index (χ3v) is 12.8. The number of piperidine rings is 2. The smallest absolute Gasteiger partial charge is 0.256 e. The van der Waals surface area contributed by atoms with E-state index in [9.17, 15) is 24.4 Å². The van der Waals surface area contributed by atoms with Crippen LogP contribution in [0, 0.1) is 42.9 Å². The van der Waals surface area contributed by atoms with E-state index in [1.54, 1.807) is 17.0 Å². The SMILES string of the molecule is Cc1c(-c2ccc(C#N)c(Cl)c2)nn(Cc2ccc(C(=O)NC3CCN(C4CCC(C#Cc5cccc6c5C(=O)N(C5CCC(=O)NC5=O)C6)CC4)CC3)cc2)c1C. The molecule has 0 bridgehead atoms. The Balaban J connectivity index is 0.795.